The maximum Gasteiger partial charge on any atom is 0.275 e. The molecular weight excluding hydrogens is 374 g/mol. The fourth-order valence-corrected chi connectivity index (χ4v) is 3.74. The van der Waals surface area contributed by atoms with Gasteiger partial charge in [0.15, 0.2) is 16.6 Å². The van der Waals surface area contributed by atoms with Crippen LogP contribution in [0.25, 0.3) is 0 Å². The third-order valence-corrected chi connectivity index (χ3v) is 5.04. The van der Waals surface area contributed by atoms with Crippen LogP contribution in [0.15, 0.2) is 35.7 Å². The van der Waals surface area contributed by atoms with Crippen molar-refractivity contribution < 1.29 is 14.3 Å². The van der Waals surface area contributed by atoms with Crippen molar-refractivity contribution in [1.29, 1.82) is 0 Å². The smallest absolute Gasteiger partial charge is 0.275 e. The van der Waals surface area contributed by atoms with E-state index in [-0.39, 0.29) is 5.91 Å². The van der Waals surface area contributed by atoms with E-state index in [9.17, 15) is 4.79 Å². The normalized spacial score (nSPS) is 10.5. The summed E-state index contributed by atoms with van der Waals surface area (Å²) in [6.45, 7) is 6.01. The predicted octanol–water partition coefficient (Wildman–Crippen LogP) is 5.08. The molecule has 0 bridgehead atoms. The van der Waals surface area contributed by atoms with E-state index in [0.29, 0.717) is 22.3 Å². The predicted molar refractivity (Wildman–Crippen MR) is 114 cm³/mol. The van der Waals surface area contributed by atoms with Crippen molar-refractivity contribution in [3.8, 4) is 11.5 Å². The number of hydrogen-bond donors (Lipinski definition) is 2. The van der Waals surface area contributed by atoms with Crippen LogP contribution in [-0.4, -0.2) is 25.1 Å². The summed E-state index contributed by atoms with van der Waals surface area (Å²) in [5.74, 6) is 1.04. The van der Waals surface area contributed by atoms with Gasteiger partial charge in [-0.15, -0.1) is 11.3 Å². The summed E-state index contributed by atoms with van der Waals surface area (Å²) in [7, 11) is 3.18. The first-order chi connectivity index (χ1) is 13.4. The van der Waals surface area contributed by atoms with Gasteiger partial charge in [0.05, 0.1) is 14.2 Å². The van der Waals surface area contributed by atoms with Crippen LogP contribution < -0.4 is 20.1 Å². The third-order valence-electron chi connectivity index (χ3n) is 4.29. The van der Waals surface area contributed by atoms with E-state index in [4.69, 9.17) is 9.47 Å². The highest BCUT2D eigenvalue weighted by Gasteiger charge is 2.14. The molecule has 0 saturated carbocycles. The van der Waals surface area contributed by atoms with Crippen LogP contribution in [0, 0.1) is 20.8 Å². The van der Waals surface area contributed by atoms with Crippen LogP contribution in [0.2, 0.25) is 0 Å². The van der Waals surface area contributed by atoms with E-state index in [1.165, 1.54) is 16.9 Å². The maximum atomic E-state index is 12.6. The molecule has 2 aromatic carbocycles. The van der Waals surface area contributed by atoms with Crippen LogP contribution in [0.3, 0.4) is 0 Å². The number of methoxy groups -OCH3 is 2. The molecule has 1 amide bonds. The van der Waals surface area contributed by atoms with Crippen molar-refractivity contribution in [2.45, 2.75) is 20.8 Å². The molecule has 0 atom stereocenters. The summed E-state index contributed by atoms with van der Waals surface area (Å²) in [4.78, 5) is 17.0. The number of aromatic nitrogens is 1. The van der Waals surface area contributed by atoms with Gasteiger partial charge in [-0.05, 0) is 44.0 Å². The van der Waals surface area contributed by atoms with Gasteiger partial charge in [-0.25, -0.2) is 4.98 Å². The van der Waals surface area contributed by atoms with Gasteiger partial charge in [-0.1, -0.05) is 17.7 Å². The van der Waals surface area contributed by atoms with Crippen molar-refractivity contribution in [3.05, 3.63) is 58.1 Å². The Bertz CT molecular complexity index is 991. The van der Waals surface area contributed by atoms with Crippen LogP contribution >= 0.6 is 11.3 Å². The molecule has 146 valence electrons. The first-order valence-corrected chi connectivity index (χ1v) is 9.63. The van der Waals surface area contributed by atoms with Crippen molar-refractivity contribution in [1.82, 2.24) is 4.98 Å². The molecule has 0 aliphatic carbocycles. The van der Waals surface area contributed by atoms with Gasteiger partial charge in [-0.2, -0.15) is 0 Å². The third kappa shape index (κ3) is 4.26. The minimum Gasteiger partial charge on any atom is -0.493 e. The summed E-state index contributed by atoms with van der Waals surface area (Å²) in [5.41, 5.74) is 5.23. The number of carbonyl (C=O) groups is 1. The number of anilines is 3. The number of hydrogen-bond acceptors (Lipinski definition) is 6. The van der Waals surface area contributed by atoms with Gasteiger partial charge in [-0.3, -0.25) is 4.79 Å². The molecule has 0 aliphatic heterocycles. The zero-order chi connectivity index (χ0) is 20.3. The highest BCUT2D eigenvalue weighted by molar-refractivity contribution is 7.14. The van der Waals surface area contributed by atoms with Crippen molar-refractivity contribution in [2.75, 3.05) is 24.9 Å². The van der Waals surface area contributed by atoms with E-state index in [0.717, 1.165) is 22.5 Å². The average Bonchev–Trinajstić information content (AvgIpc) is 3.13. The zero-order valence-corrected chi connectivity index (χ0v) is 17.4. The second-order valence-corrected chi connectivity index (χ2v) is 7.32. The van der Waals surface area contributed by atoms with E-state index >= 15 is 0 Å². The summed E-state index contributed by atoms with van der Waals surface area (Å²) in [5, 5.41) is 8.52. The molecule has 3 aromatic rings. The molecule has 0 unspecified atom stereocenters. The Labute approximate surface area is 168 Å². The van der Waals surface area contributed by atoms with Gasteiger partial charge in [0.2, 0.25) is 0 Å². The molecule has 3 rings (SSSR count). The minimum absolute atomic E-state index is 0.230. The molecule has 0 spiro atoms. The number of nitrogens with one attached hydrogen (secondary N) is 2. The standard InChI is InChI=1S/C21H23N3O3S/c1-12-8-13(2)19(14(3)9-12)24-20(25)16-11-28-21(23-16)22-15-6-7-17(26-4)18(10-15)27-5/h6-11H,1-5H3,(H,22,23)(H,24,25). The van der Waals surface area contributed by atoms with Crippen molar-refractivity contribution >= 4 is 33.8 Å². The molecule has 28 heavy (non-hydrogen) atoms. The SMILES string of the molecule is COc1ccc(Nc2nc(C(=O)Nc3c(C)cc(C)cc3C)cs2)cc1OC. The van der Waals surface area contributed by atoms with Gasteiger partial charge < -0.3 is 20.1 Å². The van der Waals surface area contributed by atoms with Crippen molar-refractivity contribution in [3.63, 3.8) is 0 Å². The molecule has 0 fully saturated rings. The Morgan fingerprint density at radius 2 is 1.68 bits per heavy atom. The monoisotopic (exact) mass is 397 g/mol. The van der Waals surface area contributed by atoms with Gasteiger partial charge in [0.1, 0.15) is 5.69 Å². The summed E-state index contributed by atoms with van der Waals surface area (Å²) in [6, 6.07) is 9.59. The number of thiazole rings is 1. The maximum absolute atomic E-state index is 12.6. The van der Waals surface area contributed by atoms with Crippen LogP contribution in [-0.2, 0) is 0 Å². The molecule has 1 heterocycles. The number of nitrogens with zero attached hydrogens (tertiary/aromatic N) is 1. The van der Waals surface area contributed by atoms with Crippen LogP contribution in [0.4, 0.5) is 16.5 Å². The zero-order valence-electron chi connectivity index (χ0n) is 16.5. The molecule has 0 radical (unpaired) electrons. The number of ether oxygens (including phenoxy) is 2. The lowest BCUT2D eigenvalue weighted by Gasteiger charge is -2.12. The summed E-state index contributed by atoms with van der Waals surface area (Å²) < 4.78 is 10.6. The Morgan fingerprint density at radius 3 is 2.32 bits per heavy atom. The fourth-order valence-electron chi connectivity index (χ4n) is 3.03. The van der Waals surface area contributed by atoms with E-state index in [1.807, 2.05) is 51.1 Å². The highest BCUT2D eigenvalue weighted by atomic mass is 32.1. The summed E-state index contributed by atoms with van der Waals surface area (Å²) >= 11 is 1.36. The average molecular weight is 398 g/mol. The molecule has 1 aromatic heterocycles. The Kier molecular flexibility index (Phi) is 5.84. The largest absolute Gasteiger partial charge is 0.493 e. The molecular formula is C21H23N3O3S. The number of aryl methyl sites for hydroxylation is 3. The van der Waals surface area contributed by atoms with Crippen molar-refractivity contribution in [2.24, 2.45) is 0 Å². The van der Waals surface area contributed by atoms with Gasteiger partial charge >= 0.3 is 0 Å². The lowest BCUT2D eigenvalue weighted by Crippen LogP contribution is -2.14. The van der Waals surface area contributed by atoms with Gasteiger partial charge in [0, 0.05) is 22.8 Å². The first kappa shape index (κ1) is 19.7. The Balaban J connectivity index is 1.74. The number of benzene rings is 2. The highest BCUT2D eigenvalue weighted by Crippen LogP contribution is 2.32. The van der Waals surface area contributed by atoms with E-state index in [2.05, 4.69) is 15.6 Å². The fraction of sp³-hybridized carbons (Fsp3) is 0.238. The Morgan fingerprint density at radius 1 is 1.00 bits per heavy atom. The van der Waals surface area contributed by atoms with E-state index < -0.39 is 0 Å². The number of rotatable bonds is 6. The number of carbonyl (C=O) groups excluding carboxylic acids is 1. The van der Waals surface area contributed by atoms with Crippen LogP contribution in [0.1, 0.15) is 27.2 Å². The molecule has 6 nitrogen and oxygen atoms in total. The molecule has 0 saturated heterocycles. The molecule has 2 N–H and O–H groups in total. The lowest BCUT2D eigenvalue weighted by atomic mass is 10.1. The Hall–Kier alpha value is -3.06. The lowest BCUT2D eigenvalue weighted by molar-refractivity contribution is 0.102. The second-order valence-electron chi connectivity index (χ2n) is 6.46. The van der Waals surface area contributed by atoms with Gasteiger partial charge in [0.25, 0.3) is 5.91 Å². The quantitative estimate of drug-likeness (QED) is 0.607. The second kappa shape index (κ2) is 8.31. The topological polar surface area (TPSA) is 72.5 Å². The molecule has 7 heteroatoms. The molecule has 0 aliphatic rings. The number of amides is 1. The minimum atomic E-state index is -0.230. The summed E-state index contributed by atoms with van der Waals surface area (Å²) in [6.07, 6.45) is 0. The van der Waals surface area contributed by atoms with Crippen LogP contribution in [0.5, 0.6) is 11.5 Å². The van der Waals surface area contributed by atoms with E-state index in [1.54, 1.807) is 19.6 Å². The first-order valence-electron chi connectivity index (χ1n) is 8.75.